The first-order chi connectivity index (χ1) is 14.1. The molecule has 160 valence electrons. The van der Waals surface area contributed by atoms with Gasteiger partial charge in [-0.05, 0) is 74.7 Å². The highest BCUT2D eigenvalue weighted by Gasteiger charge is 2.29. The van der Waals surface area contributed by atoms with Crippen LogP contribution in [0.1, 0.15) is 30.9 Å². The Hall–Kier alpha value is -2.87. The number of rotatable bonds is 6. The van der Waals surface area contributed by atoms with Crippen LogP contribution >= 0.6 is 0 Å². The van der Waals surface area contributed by atoms with E-state index in [0.29, 0.717) is 24.3 Å². The van der Waals surface area contributed by atoms with Crippen molar-refractivity contribution in [3.63, 3.8) is 0 Å². The molecule has 1 fully saturated rings. The van der Waals surface area contributed by atoms with E-state index in [2.05, 4.69) is 5.32 Å². The zero-order valence-corrected chi connectivity index (χ0v) is 18.5. The van der Waals surface area contributed by atoms with Crippen LogP contribution in [0, 0.1) is 13.8 Å². The zero-order chi connectivity index (χ0) is 22.1. The van der Waals surface area contributed by atoms with Crippen LogP contribution in [0.15, 0.2) is 42.5 Å². The Morgan fingerprint density at radius 1 is 1.10 bits per heavy atom. The predicted octanol–water partition coefficient (Wildman–Crippen LogP) is 3.22. The monoisotopic (exact) mass is 429 g/mol. The fraction of sp³-hybridized carbons (Fsp3) is 0.364. The minimum atomic E-state index is -3.68. The van der Waals surface area contributed by atoms with E-state index >= 15 is 0 Å². The van der Waals surface area contributed by atoms with E-state index in [0.717, 1.165) is 33.8 Å². The summed E-state index contributed by atoms with van der Waals surface area (Å²) in [4.78, 5) is 26.4. The van der Waals surface area contributed by atoms with Gasteiger partial charge in [0, 0.05) is 24.3 Å². The number of carbonyl (C=O) groups is 2. The Labute approximate surface area is 177 Å². The molecule has 1 saturated heterocycles. The highest BCUT2D eigenvalue weighted by molar-refractivity contribution is 7.92. The number of hydrogen-bond acceptors (Lipinski definition) is 4. The Bertz CT molecular complexity index is 1040. The Balaban J connectivity index is 1.79. The van der Waals surface area contributed by atoms with Gasteiger partial charge in [-0.3, -0.25) is 13.9 Å². The second kappa shape index (κ2) is 8.47. The number of nitrogens with zero attached hydrogens (tertiary/aromatic N) is 2. The molecule has 1 heterocycles. The first-order valence-corrected chi connectivity index (χ1v) is 11.7. The van der Waals surface area contributed by atoms with Crippen LogP contribution in [-0.4, -0.2) is 39.1 Å². The molecular weight excluding hydrogens is 402 g/mol. The highest BCUT2D eigenvalue weighted by atomic mass is 32.2. The van der Waals surface area contributed by atoms with E-state index in [-0.39, 0.29) is 5.91 Å². The van der Waals surface area contributed by atoms with Gasteiger partial charge in [0.15, 0.2) is 0 Å². The van der Waals surface area contributed by atoms with Crippen LogP contribution in [0.4, 0.5) is 17.1 Å². The molecule has 1 aliphatic rings. The summed E-state index contributed by atoms with van der Waals surface area (Å²) in [6.45, 7) is 6.02. The molecule has 0 aliphatic carbocycles. The van der Waals surface area contributed by atoms with Gasteiger partial charge in [0.2, 0.25) is 21.8 Å². The number of carbonyl (C=O) groups excluding carboxylic acids is 2. The molecule has 0 bridgehead atoms. The van der Waals surface area contributed by atoms with Crippen molar-refractivity contribution in [1.29, 1.82) is 0 Å². The lowest BCUT2D eigenvalue weighted by molar-refractivity contribution is -0.117. The number of nitrogens with one attached hydrogen (secondary N) is 1. The molecule has 2 amide bonds. The summed E-state index contributed by atoms with van der Waals surface area (Å²) >= 11 is 0. The Kier molecular flexibility index (Phi) is 6.17. The van der Waals surface area contributed by atoms with Crippen molar-refractivity contribution in [2.45, 2.75) is 39.7 Å². The maximum Gasteiger partial charge on any atom is 0.247 e. The third kappa shape index (κ3) is 4.81. The molecule has 0 spiro atoms. The first-order valence-electron chi connectivity index (χ1n) is 9.85. The lowest BCUT2D eigenvalue weighted by atomic mass is 10.1. The molecule has 30 heavy (non-hydrogen) atoms. The highest BCUT2D eigenvalue weighted by Crippen LogP contribution is 2.26. The van der Waals surface area contributed by atoms with Gasteiger partial charge in [-0.1, -0.05) is 6.07 Å². The second-order valence-electron chi connectivity index (χ2n) is 7.77. The molecule has 7 nitrogen and oxygen atoms in total. The van der Waals surface area contributed by atoms with Crippen LogP contribution < -0.4 is 14.5 Å². The summed E-state index contributed by atoms with van der Waals surface area (Å²) in [5.74, 6) is -0.345. The molecule has 0 aromatic heterocycles. The van der Waals surface area contributed by atoms with Crippen LogP contribution in [0.25, 0.3) is 0 Å². The molecule has 2 aromatic carbocycles. The normalized spacial score (nSPS) is 15.2. The van der Waals surface area contributed by atoms with Gasteiger partial charge in [-0.15, -0.1) is 0 Å². The number of aryl methyl sites for hydroxylation is 2. The van der Waals surface area contributed by atoms with E-state index in [1.165, 1.54) is 0 Å². The Morgan fingerprint density at radius 2 is 1.70 bits per heavy atom. The molecular formula is C22H27N3O4S. The van der Waals surface area contributed by atoms with Crippen molar-refractivity contribution in [1.82, 2.24) is 0 Å². The van der Waals surface area contributed by atoms with E-state index in [9.17, 15) is 18.0 Å². The maximum atomic E-state index is 12.9. The fourth-order valence-electron chi connectivity index (χ4n) is 3.78. The Morgan fingerprint density at radius 3 is 2.20 bits per heavy atom. The minimum Gasteiger partial charge on any atom is -0.324 e. The van der Waals surface area contributed by atoms with E-state index in [1.54, 1.807) is 48.2 Å². The number of sulfonamides is 1. The molecule has 0 unspecified atom stereocenters. The van der Waals surface area contributed by atoms with Gasteiger partial charge in [0.25, 0.3) is 0 Å². The fourth-order valence-corrected chi connectivity index (χ4v) is 4.94. The van der Waals surface area contributed by atoms with Crippen molar-refractivity contribution >= 4 is 38.9 Å². The lowest BCUT2D eigenvalue weighted by Gasteiger charge is -2.29. The standard InChI is InChI=1S/C22H27N3O4S/c1-15-12-16(2)14-20(13-15)25(30(4,28)29)17(3)22(27)23-18-7-9-19(10-8-18)24-11-5-6-21(24)26/h7-10,12-14,17H,5-6,11H2,1-4H3,(H,23,27)/t17-/m0/s1. The topological polar surface area (TPSA) is 86.8 Å². The third-order valence-electron chi connectivity index (χ3n) is 5.07. The molecule has 1 atom stereocenters. The van der Waals surface area contributed by atoms with Gasteiger partial charge in [0.1, 0.15) is 6.04 Å². The molecule has 2 aromatic rings. The van der Waals surface area contributed by atoms with Crippen LogP contribution in [0.5, 0.6) is 0 Å². The average Bonchev–Trinajstić information content (AvgIpc) is 3.06. The van der Waals surface area contributed by atoms with Gasteiger partial charge < -0.3 is 10.2 Å². The zero-order valence-electron chi connectivity index (χ0n) is 17.7. The summed E-state index contributed by atoms with van der Waals surface area (Å²) in [6, 6.07) is 11.5. The largest absolute Gasteiger partial charge is 0.324 e. The second-order valence-corrected chi connectivity index (χ2v) is 9.63. The summed E-state index contributed by atoms with van der Waals surface area (Å²) < 4.78 is 26.1. The van der Waals surface area contributed by atoms with Gasteiger partial charge in [-0.2, -0.15) is 0 Å². The van der Waals surface area contributed by atoms with Crippen molar-refractivity contribution < 1.29 is 18.0 Å². The molecule has 0 saturated carbocycles. The minimum absolute atomic E-state index is 0.0950. The molecule has 1 N–H and O–H groups in total. The number of hydrogen-bond donors (Lipinski definition) is 1. The molecule has 0 radical (unpaired) electrons. The third-order valence-corrected chi connectivity index (χ3v) is 6.31. The number of anilines is 3. The number of benzene rings is 2. The van der Waals surface area contributed by atoms with Crippen molar-refractivity contribution in [2.24, 2.45) is 0 Å². The summed E-state index contributed by atoms with van der Waals surface area (Å²) in [7, 11) is -3.68. The summed E-state index contributed by atoms with van der Waals surface area (Å²) in [5.41, 5.74) is 3.62. The smallest absolute Gasteiger partial charge is 0.247 e. The van der Waals surface area contributed by atoms with E-state index in [4.69, 9.17) is 0 Å². The quantitative estimate of drug-likeness (QED) is 0.764. The van der Waals surface area contributed by atoms with Crippen LogP contribution in [0.3, 0.4) is 0 Å². The molecule has 8 heteroatoms. The van der Waals surface area contributed by atoms with Crippen molar-refractivity contribution in [3.8, 4) is 0 Å². The van der Waals surface area contributed by atoms with E-state index in [1.807, 2.05) is 19.9 Å². The van der Waals surface area contributed by atoms with Crippen LogP contribution in [0.2, 0.25) is 0 Å². The van der Waals surface area contributed by atoms with Gasteiger partial charge >= 0.3 is 0 Å². The predicted molar refractivity (Wildman–Crippen MR) is 119 cm³/mol. The van der Waals surface area contributed by atoms with Gasteiger partial charge in [-0.25, -0.2) is 8.42 Å². The van der Waals surface area contributed by atoms with E-state index < -0.39 is 22.0 Å². The van der Waals surface area contributed by atoms with Gasteiger partial charge in [0.05, 0.1) is 11.9 Å². The van der Waals surface area contributed by atoms with Crippen molar-refractivity contribution in [2.75, 3.05) is 27.3 Å². The first kappa shape index (κ1) is 21.8. The average molecular weight is 430 g/mol. The summed E-state index contributed by atoms with van der Waals surface area (Å²) in [6.07, 6.45) is 2.49. The molecule has 3 rings (SSSR count). The SMILES string of the molecule is Cc1cc(C)cc(N([C@@H](C)C(=O)Nc2ccc(N3CCCC3=O)cc2)S(C)(=O)=O)c1. The van der Waals surface area contributed by atoms with Crippen molar-refractivity contribution in [3.05, 3.63) is 53.6 Å². The molecule has 1 aliphatic heterocycles. The lowest BCUT2D eigenvalue weighted by Crippen LogP contribution is -2.45. The summed E-state index contributed by atoms with van der Waals surface area (Å²) in [5, 5.41) is 2.77. The maximum absolute atomic E-state index is 12.9. The number of amides is 2. The van der Waals surface area contributed by atoms with Crippen LogP contribution in [-0.2, 0) is 19.6 Å².